The van der Waals surface area contributed by atoms with Crippen molar-refractivity contribution < 1.29 is 17.7 Å². The van der Waals surface area contributed by atoms with Gasteiger partial charge in [0, 0.05) is 18.8 Å². The summed E-state index contributed by atoms with van der Waals surface area (Å²) in [5, 5.41) is 6.95. The molecule has 37 heavy (non-hydrogen) atoms. The molecular formula is C29H35N3O4S. The molecule has 1 aromatic heterocycles. The van der Waals surface area contributed by atoms with E-state index in [4.69, 9.17) is 4.52 Å². The average molecular weight is 522 g/mol. The molecule has 1 amide bonds. The van der Waals surface area contributed by atoms with Gasteiger partial charge in [-0.05, 0) is 88.8 Å². The van der Waals surface area contributed by atoms with E-state index in [-0.39, 0.29) is 23.1 Å². The van der Waals surface area contributed by atoms with E-state index in [0.717, 1.165) is 33.5 Å². The van der Waals surface area contributed by atoms with Crippen molar-refractivity contribution in [1.82, 2.24) is 9.46 Å². The molecule has 2 aromatic carbocycles. The number of sulfonamides is 1. The van der Waals surface area contributed by atoms with Crippen LogP contribution >= 0.6 is 0 Å². The Morgan fingerprint density at radius 1 is 1.00 bits per heavy atom. The van der Waals surface area contributed by atoms with Crippen molar-refractivity contribution in [3.05, 3.63) is 75.2 Å². The van der Waals surface area contributed by atoms with Crippen LogP contribution in [-0.2, 0) is 14.8 Å². The van der Waals surface area contributed by atoms with Crippen molar-refractivity contribution in [3.63, 3.8) is 0 Å². The molecule has 1 N–H and O–H groups in total. The predicted molar refractivity (Wildman–Crippen MR) is 147 cm³/mol. The highest BCUT2D eigenvalue weighted by Crippen LogP contribution is 2.30. The molecule has 2 heterocycles. The first kappa shape index (κ1) is 26.8. The fraction of sp³-hybridized carbons (Fsp3) is 0.379. The SMILES string of the molecule is Cc1ccc(NC(=O)C2CCCN(S(=O)(=O)c3c(C)noc3/C=C/c3c(C)cc(C)cc3C)C2)c(C)c1. The molecule has 1 aliphatic heterocycles. The van der Waals surface area contributed by atoms with E-state index in [1.54, 1.807) is 13.0 Å². The molecule has 4 rings (SSSR count). The zero-order valence-electron chi connectivity index (χ0n) is 22.4. The normalized spacial score (nSPS) is 16.9. The van der Waals surface area contributed by atoms with Crippen molar-refractivity contribution in [3.8, 4) is 0 Å². The molecule has 0 saturated carbocycles. The molecule has 0 bridgehead atoms. The largest absolute Gasteiger partial charge is 0.355 e. The number of benzene rings is 2. The number of nitrogens with zero attached hydrogens (tertiary/aromatic N) is 2. The first-order valence-electron chi connectivity index (χ1n) is 12.6. The zero-order chi connectivity index (χ0) is 26.9. The number of hydrogen-bond acceptors (Lipinski definition) is 5. The number of aryl methyl sites for hydroxylation is 6. The second-order valence-corrected chi connectivity index (χ2v) is 12.0. The highest BCUT2D eigenvalue weighted by Gasteiger charge is 2.37. The zero-order valence-corrected chi connectivity index (χ0v) is 23.2. The van der Waals surface area contributed by atoms with Gasteiger partial charge in [0.05, 0.1) is 5.92 Å². The van der Waals surface area contributed by atoms with Crippen molar-refractivity contribution in [1.29, 1.82) is 0 Å². The lowest BCUT2D eigenvalue weighted by Crippen LogP contribution is -2.44. The van der Waals surface area contributed by atoms with E-state index in [0.29, 0.717) is 25.1 Å². The number of piperidine rings is 1. The highest BCUT2D eigenvalue weighted by molar-refractivity contribution is 7.89. The molecule has 7 nitrogen and oxygen atoms in total. The van der Waals surface area contributed by atoms with E-state index in [1.165, 1.54) is 9.87 Å². The van der Waals surface area contributed by atoms with Crippen LogP contribution in [0.5, 0.6) is 0 Å². The Balaban J connectivity index is 1.56. The van der Waals surface area contributed by atoms with E-state index in [1.807, 2.05) is 58.9 Å². The Bertz CT molecular complexity index is 1450. The first-order chi connectivity index (χ1) is 17.5. The van der Waals surface area contributed by atoms with Gasteiger partial charge in [-0.3, -0.25) is 4.79 Å². The minimum Gasteiger partial charge on any atom is -0.355 e. The molecule has 1 atom stereocenters. The Hall–Kier alpha value is -3.23. The summed E-state index contributed by atoms with van der Waals surface area (Å²) in [5.74, 6) is -0.417. The van der Waals surface area contributed by atoms with Crippen molar-refractivity contribution in [2.45, 2.75) is 59.3 Å². The number of carbonyl (C=O) groups excluding carboxylic acids is 1. The molecule has 1 fully saturated rings. The quantitative estimate of drug-likeness (QED) is 0.447. The van der Waals surface area contributed by atoms with Gasteiger partial charge in [0.2, 0.25) is 15.9 Å². The molecule has 1 unspecified atom stereocenters. The molecule has 1 saturated heterocycles. The summed E-state index contributed by atoms with van der Waals surface area (Å²) in [5.41, 5.74) is 7.54. The standard InChI is InChI=1S/C29H35N3O4S/c1-18-9-11-26(22(5)14-18)30-29(33)24-8-7-13-32(17-24)37(34,35)28-23(6)31-36-27(28)12-10-25-20(3)15-19(2)16-21(25)4/h9-12,14-16,24H,7-8,13,17H2,1-6H3,(H,30,33)/b12-10+. The third-order valence-electron chi connectivity index (χ3n) is 6.97. The van der Waals surface area contributed by atoms with Gasteiger partial charge in [0.1, 0.15) is 5.69 Å². The maximum atomic E-state index is 13.8. The van der Waals surface area contributed by atoms with Crippen LogP contribution < -0.4 is 5.32 Å². The lowest BCUT2D eigenvalue weighted by atomic mass is 9.98. The van der Waals surface area contributed by atoms with Crippen molar-refractivity contribution in [2.75, 3.05) is 18.4 Å². The minimum absolute atomic E-state index is 0.0570. The van der Waals surface area contributed by atoms with E-state index >= 15 is 0 Å². The van der Waals surface area contributed by atoms with Gasteiger partial charge in [-0.15, -0.1) is 0 Å². The lowest BCUT2D eigenvalue weighted by molar-refractivity contribution is -0.120. The average Bonchev–Trinajstić information content (AvgIpc) is 3.21. The number of nitrogens with one attached hydrogen (secondary N) is 1. The van der Waals surface area contributed by atoms with Crippen LogP contribution in [0.1, 0.15) is 57.7 Å². The summed E-state index contributed by atoms with van der Waals surface area (Å²) < 4.78 is 34.4. The summed E-state index contributed by atoms with van der Waals surface area (Å²) in [7, 11) is -3.92. The molecular weight excluding hydrogens is 486 g/mol. The van der Waals surface area contributed by atoms with Crippen LogP contribution in [-0.4, -0.2) is 36.9 Å². The third kappa shape index (κ3) is 5.70. The van der Waals surface area contributed by atoms with Crippen molar-refractivity contribution in [2.24, 2.45) is 5.92 Å². The summed E-state index contributed by atoms with van der Waals surface area (Å²) in [6.45, 7) is 12.1. The number of carbonyl (C=O) groups is 1. The van der Waals surface area contributed by atoms with Crippen LogP contribution in [0.25, 0.3) is 12.2 Å². The lowest BCUT2D eigenvalue weighted by Gasteiger charge is -2.31. The molecule has 8 heteroatoms. The van der Waals surface area contributed by atoms with Gasteiger partial charge in [-0.2, -0.15) is 4.31 Å². The first-order valence-corrected chi connectivity index (χ1v) is 14.0. The van der Waals surface area contributed by atoms with E-state index < -0.39 is 15.9 Å². The summed E-state index contributed by atoms with van der Waals surface area (Å²) in [6, 6.07) is 10.0. The molecule has 3 aromatic rings. The van der Waals surface area contributed by atoms with E-state index in [2.05, 4.69) is 22.6 Å². The molecule has 0 aliphatic carbocycles. The van der Waals surface area contributed by atoms with Crippen LogP contribution in [0.3, 0.4) is 0 Å². The Morgan fingerprint density at radius 3 is 2.35 bits per heavy atom. The predicted octanol–water partition coefficient (Wildman–Crippen LogP) is 5.73. The topological polar surface area (TPSA) is 92.5 Å². The Labute approximate surface area is 219 Å². The molecule has 196 valence electrons. The van der Waals surface area contributed by atoms with Gasteiger partial charge >= 0.3 is 0 Å². The monoisotopic (exact) mass is 521 g/mol. The fourth-order valence-electron chi connectivity index (χ4n) is 5.10. The maximum Gasteiger partial charge on any atom is 0.248 e. The second kappa shape index (κ2) is 10.6. The van der Waals surface area contributed by atoms with Gasteiger partial charge in [-0.25, -0.2) is 8.42 Å². The third-order valence-corrected chi connectivity index (χ3v) is 8.99. The molecule has 1 aliphatic rings. The number of rotatable bonds is 6. The minimum atomic E-state index is -3.92. The van der Waals surface area contributed by atoms with Crippen LogP contribution in [0.15, 0.2) is 39.8 Å². The second-order valence-electron chi connectivity index (χ2n) is 10.1. The van der Waals surface area contributed by atoms with Gasteiger partial charge < -0.3 is 9.84 Å². The van der Waals surface area contributed by atoms with Crippen molar-refractivity contribution >= 4 is 33.8 Å². The molecule has 0 spiro atoms. The summed E-state index contributed by atoms with van der Waals surface area (Å²) in [4.78, 5) is 13.1. The maximum absolute atomic E-state index is 13.8. The van der Waals surface area contributed by atoms with Gasteiger partial charge in [-0.1, -0.05) is 46.6 Å². The smallest absolute Gasteiger partial charge is 0.248 e. The van der Waals surface area contributed by atoms with Gasteiger partial charge in [0.15, 0.2) is 10.7 Å². The Morgan fingerprint density at radius 2 is 1.68 bits per heavy atom. The molecule has 0 radical (unpaired) electrons. The number of hydrogen-bond donors (Lipinski definition) is 1. The number of anilines is 1. The number of amides is 1. The van der Waals surface area contributed by atoms with Crippen LogP contribution in [0.2, 0.25) is 0 Å². The van der Waals surface area contributed by atoms with E-state index in [9.17, 15) is 13.2 Å². The van der Waals surface area contributed by atoms with Crippen LogP contribution in [0, 0.1) is 47.5 Å². The number of aromatic nitrogens is 1. The Kier molecular flexibility index (Phi) is 7.71. The fourth-order valence-corrected chi connectivity index (χ4v) is 6.88. The van der Waals surface area contributed by atoms with Crippen LogP contribution in [0.4, 0.5) is 5.69 Å². The summed E-state index contributed by atoms with van der Waals surface area (Å²) in [6.07, 6.45) is 4.77. The summed E-state index contributed by atoms with van der Waals surface area (Å²) >= 11 is 0. The highest BCUT2D eigenvalue weighted by atomic mass is 32.2. The van der Waals surface area contributed by atoms with Gasteiger partial charge in [0.25, 0.3) is 0 Å².